The summed E-state index contributed by atoms with van der Waals surface area (Å²) >= 11 is 0. The van der Waals surface area contributed by atoms with Crippen LogP contribution in [-0.4, -0.2) is 175 Å². The van der Waals surface area contributed by atoms with Crippen LogP contribution in [0.5, 0.6) is 0 Å². The van der Waals surface area contributed by atoms with Gasteiger partial charge in [0.25, 0.3) is 19.5 Å². The lowest BCUT2D eigenvalue weighted by Gasteiger charge is -2.41. The molecule has 0 saturated carbocycles. The third-order valence-corrected chi connectivity index (χ3v) is 11.2. The van der Waals surface area contributed by atoms with Crippen LogP contribution in [-0.2, 0) is 14.4 Å². The van der Waals surface area contributed by atoms with E-state index in [2.05, 4.69) is 59.4 Å². The van der Waals surface area contributed by atoms with Gasteiger partial charge in [0, 0.05) is 98.3 Å². The average Bonchev–Trinajstić information content (AvgIpc) is 0.772. The number of carbonyl (C=O) groups excluding carboxylic acids is 3. The number of likely N-dealkylation sites (N-methyl/N-ethyl adjacent to an activating group) is 3. The number of hydrogen-bond acceptors (Lipinski definition) is 12. The van der Waals surface area contributed by atoms with Gasteiger partial charge < -0.3 is 58.9 Å². The van der Waals surface area contributed by atoms with Crippen molar-refractivity contribution < 1.29 is 51.4 Å². The van der Waals surface area contributed by atoms with Crippen molar-refractivity contribution in [1.29, 1.82) is 0 Å². The van der Waals surface area contributed by atoms with E-state index >= 15 is 0 Å². The van der Waals surface area contributed by atoms with E-state index in [4.69, 9.17) is 55.4 Å². The lowest BCUT2D eigenvalue weighted by molar-refractivity contribution is -0.131. The fourth-order valence-electron chi connectivity index (χ4n) is 7.62. The molecule has 0 aliphatic carbocycles. The van der Waals surface area contributed by atoms with Crippen LogP contribution in [0.4, 0.5) is 17.5 Å². The Balaban J connectivity index is 0.000000207. The number of aromatic nitrogens is 9. The first kappa shape index (κ1) is 26.4. The highest BCUT2D eigenvalue weighted by Gasteiger charge is 2.36. The molecule has 0 bridgehead atoms. The van der Waals surface area contributed by atoms with Crippen LogP contribution in [0, 0.1) is 51.3 Å². The lowest BCUT2D eigenvalue weighted by atomic mass is 9.92. The molecule has 372 valence electrons. The number of fused-ring (bicyclic) bond motifs is 3. The zero-order chi connectivity index (χ0) is 74.6. The minimum absolute atomic E-state index is 0.0490. The molecule has 6 atom stereocenters. The largest absolute Gasteiger partial charge is 0.354 e. The molecule has 3 amide bonds. The van der Waals surface area contributed by atoms with E-state index in [-0.39, 0.29) is 63.7 Å². The Bertz CT molecular complexity index is 4210. The summed E-state index contributed by atoms with van der Waals surface area (Å²) in [5.41, 5.74) is 1.38. The molecule has 0 unspecified atom stereocenters. The number of rotatable bonds is 9. The molecular weight excluding hydrogens is 901 g/mol. The molecule has 3 fully saturated rings. The highest BCUT2D eigenvalue weighted by molar-refractivity contribution is 5.90. The molecule has 0 spiro atoms. The average molecular weight is 992 g/mol. The van der Waals surface area contributed by atoms with Gasteiger partial charge >= 0.3 is 17.7 Å². The Labute approximate surface area is 452 Å². The molecule has 9 heterocycles. The van der Waals surface area contributed by atoms with Gasteiger partial charge in [0.15, 0.2) is 0 Å². The standard InChI is InChI=1S/2C17H22N6O.C16H20N6O/c2*1-11-5-6-23(15(24)8-18-3)9-14(11)22(4)17-13-7-12(2)21-16(13)19-10-20-17;1-11-5-7-22(14(23)8-17-2)9-13(11)21(3)16-12-4-6-18-15(12)19-10-20-16/h2*7,10-11,14H,5-6,8-9H2,1-2,4H3,(H,19,20,21);4,6,10-11,13H,5,7-9H2,1,3H3,(H,18,19,20)/t2*11-,14+;11-,13+/m111/s1/i1D3,4D3,7D,8D2,11D,14D;4D3,7D,8D2,11D,14D;5D2,7D2,8D2,9D2. The van der Waals surface area contributed by atoms with Gasteiger partial charge in [-0.2, -0.15) is 0 Å². The molecule has 21 nitrogen and oxygen atoms in total. The van der Waals surface area contributed by atoms with Crippen LogP contribution in [0.15, 0.2) is 43.3 Å². The number of likely N-dealkylation sites (tertiary alicyclic amines) is 3. The van der Waals surface area contributed by atoms with Crippen molar-refractivity contribution in [2.45, 2.75) is 71.8 Å². The number of anilines is 3. The molecule has 3 N–H and O–H groups in total. The summed E-state index contributed by atoms with van der Waals surface area (Å²) in [6, 6.07) is -5.36. The second-order valence-corrected chi connectivity index (χ2v) is 15.8. The second-order valence-electron chi connectivity index (χ2n) is 15.8. The van der Waals surface area contributed by atoms with Gasteiger partial charge in [0.1, 0.15) is 61.6 Å². The van der Waals surface area contributed by atoms with Crippen LogP contribution >= 0.6 is 0 Å². The summed E-state index contributed by atoms with van der Waals surface area (Å²) in [5.74, 6) is -10.8. The number of nitrogens with one attached hydrogen (secondary N) is 3. The maximum atomic E-state index is 12.8. The Morgan fingerprint density at radius 1 is 0.746 bits per heavy atom. The molecule has 9 rings (SSSR count). The van der Waals surface area contributed by atoms with E-state index in [9.17, 15) is 15.8 Å². The summed E-state index contributed by atoms with van der Waals surface area (Å²) in [5, 5.41) is 0.431. The fourth-order valence-corrected chi connectivity index (χ4v) is 7.62. The first-order valence-electron chi connectivity index (χ1n) is 34.8. The van der Waals surface area contributed by atoms with Crippen LogP contribution in [0.2, 0.25) is 0 Å². The fraction of sp³-hybridized carbons (Fsp3) is 0.520. The molecule has 71 heavy (non-hydrogen) atoms. The molecular formula is C50H64N18O3. The van der Waals surface area contributed by atoms with E-state index in [1.165, 1.54) is 39.0 Å². The Morgan fingerprint density at radius 3 is 1.73 bits per heavy atom. The van der Waals surface area contributed by atoms with Gasteiger partial charge in [0.2, 0.25) is 0 Å². The van der Waals surface area contributed by atoms with Gasteiger partial charge in [0.05, 0.1) is 42.5 Å². The zero-order valence-electron chi connectivity index (χ0n) is 65.7. The number of H-pyrrole nitrogens is 3. The van der Waals surface area contributed by atoms with Crippen molar-refractivity contribution in [2.75, 3.05) is 94.4 Å². The zero-order valence-corrected chi connectivity index (χ0v) is 38.7. The third-order valence-electron chi connectivity index (χ3n) is 11.2. The summed E-state index contributed by atoms with van der Waals surface area (Å²) in [7, 11) is 1.43. The lowest BCUT2D eigenvalue weighted by Crippen LogP contribution is -2.53. The predicted octanol–water partition coefficient (Wildman–Crippen LogP) is 5.27. The van der Waals surface area contributed by atoms with Gasteiger partial charge in [-0.15, -0.1) is 0 Å². The molecule has 0 radical (unpaired) electrons. The van der Waals surface area contributed by atoms with Gasteiger partial charge in [-0.3, -0.25) is 14.4 Å². The maximum Gasteiger partial charge on any atom is 0.302 e. The molecule has 6 aromatic heterocycles. The second kappa shape index (κ2) is 22.7. The number of aryl methyl sites for hydroxylation is 2. The van der Waals surface area contributed by atoms with Gasteiger partial charge in [-0.05, 0) is 68.9 Å². The van der Waals surface area contributed by atoms with Crippen LogP contribution < -0.4 is 14.7 Å². The number of carbonyl (C=O) groups is 3. The number of hydrogen-bond donors (Lipinski definition) is 3. The van der Waals surface area contributed by atoms with Crippen molar-refractivity contribution in [2.24, 2.45) is 17.7 Å². The molecule has 3 aliphatic rings. The number of aromatic amines is 3. The van der Waals surface area contributed by atoms with E-state index in [0.29, 0.717) is 37.1 Å². The molecule has 3 aliphatic heterocycles. The van der Waals surface area contributed by atoms with E-state index in [1.54, 1.807) is 19.2 Å². The minimum atomic E-state index is -3.29. The smallest absolute Gasteiger partial charge is 0.302 e. The normalized spacial score (nSPS) is 33.9. The van der Waals surface area contributed by atoms with Gasteiger partial charge in [-0.25, -0.2) is 49.6 Å². The predicted molar refractivity (Wildman–Crippen MR) is 273 cm³/mol. The van der Waals surface area contributed by atoms with E-state index < -0.39 is 145 Å². The first-order chi connectivity index (χ1) is 44.5. The SMILES string of the molecule is [2H]C([2H])([N+]#[C-])C(=O)N1C([2H])([2H])[C@H](N(C)c2ncnc3[nH]ccc23)[C@H](C)C([2H])([2H])C1([2H])[2H].[2H]c1c(C)[nH]c2ncnc(N(C([2H])([2H])[2H])[C@@]3([2H])CN(C(=O)C([2H])([2H])[N+]#[C-])CC[C@@]3([2H])C([2H])([2H])[2H])c12.[2H]c1c(C)[nH]c2ncnc(N(C([2H])([2H])[2H])[C@@]3([2H])CN(C(=O)C([2H])([2H])[N+]#[C-])CC[C@@]3([2H])C)c12. The highest BCUT2D eigenvalue weighted by atomic mass is 16.2. The summed E-state index contributed by atoms with van der Waals surface area (Å²) in [6.45, 7) is -0.498. The first-order valence-corrected chi connectivity index (χ1v) is 21.3. The topological polar surface area (TPSA) is 208 Å². The highest BCUT2D eigenvalue weighted by Crippen LogP contribution is 2.32. The van der Waals surface area contributed by atoms with Crippen molar-refractivity contribution in [1.82, 2.24) is 59.6 Å². The van der Waals surface area contributed by atoms with Crippen LogP contribution in [0.25, 0.3) is 47.6 Å². The molecule has 21 heteroatoms. The van der Waals surface area contributed by atoms with Crippen LogP contribution in [0.1, 0.15) is 88.3 Å². The Morgan fingerprint density at radius 2 is 1.23 bits per heavy atom. The van der Waals surface area contributed by atoms with Crippen LogP contribution in [0.3, 0.4) is 0 Å². The van der Waals surface area contributed by atoms with Crippen molar-refractivity contribution in [3.63, 3.8) is 0 Å². The van der Waals surface area contributed by atoms with E-state index in [1.807, 2.05) is 0 Å². The Kier molecular flexibility index (Phi) is 8.44. The maximum absolute atomic E-state index is 12.8. The minimum Gasteiger partial charge on any atom is -0.354 e. The van der Waals surface area contributed by atoms with E-state index in [0.717, 1.165) is 17.6 Å². The monoisotopic (exact) mass is 992 g/mol. The van der Waals surface area contributed by atoms with Crippen molar-refractivity contribution in [3.8, 4) is 0 Å². The molecule has 0 aromatic carbocycles. The summed E-state index contributed by atoms with van der Waals surface area (Å²) in [4.78, 5) is 82.5. The number of nitrogens with zero attached hydrogens (tertiary/aromatic N) is 15. The number of amides is 3. The molecule has 6 aromatic rings. The quantitative estimate of drug-likeness (QED) is 0.159. The summed E-state index contributed by atoms with van der Waals surface area (Å²) in [6.07, 6.45) is 1.20. The summed E-state index contributed by atoms with van der Waals surface area (Å²) < 4.78 is 222. The molecule has 3 saturated heterocycles. The van der Waals surface area contributed by atoms with Crippen molar-refractivity contribution >= 4 is 68.3 Å². The Hall–Kier alpha value is -7.86. The van der Waals surface area contributed by atoms with Crippen molar-refractivity contribution in [3.05, 3.63) is 89.0 Å². The number of piperidine rings is 3. The van der Waals surface area contributed by atoms with Gasteiger partial charge in [-0.1, -0.05) is 20.7 Å². The third kappa shape index (κ3) is 11.4.